The third-order valence-corrected chi connectivity index (χ3v) is 5.09. The predicted octanol–water partition coefficient (Wildman–Crippen LogP) is 2.20. The molecule has 1 aromatic carbocycles. The van der Waals surface area contributed by atoms with Crippen molar-refractivity contribution >= 4 is 0 Å². The molecule has 0 radical (unpaired) electrons. The Bertz CT molecular complexity index is 428. The summed E-state index contributed by atoms with van der Waals surface area (Å²) in [5.74, 6) is 0. The Balaban J connectivity index is 1.37. The van der Waals surface area contributed by atoms with Gasteiger partial charge in [-0.15, -0.1) is 0 Å². The van der Waals surface area contributed by atoms with Crippen molar-refractivity contribution in [1.29, 1.82) is 0 Å². The van der Waals surface area contributed by atoms with E-state index in [1.54, 1.807) is 0 Å². The van der Waals surface area contributed by atoms with Crippen LogP contribution in [0.1, 0.15) is 37.7 Å². The average molecular weight is 288 g/mol. The molecule has 0 spiro atoms. The van der Waals surface area contributed by atoms with Gasteiger partial charge in [-0.05, 0) is 37.8 Å². The van der Waals surface area contributed by atoms with Gasteiger partial charge in [0.15, 0.2) is 0 Å². The smallest absolute Gasteiger partial charge is 0.0771 e. The normalized spacial score (nSPS) is 25.5. The minimum absolute atomic E-state index is 0.419. The SMILES string of the molecule is OC1(CNC2CCN(CCc3ccccc3)C2)CCCC1. The van der Waals surface area contributed by atoms with Crippen molar-refractivity contribution in [1.82, 2.24) is 10.2 Å². The van der Waals surface area contributed by atoms with E-state index in [0.717, 1.165) is 38.9 Å². The first-order valence-corrected chi connectivity index (χ1v) is 8.46. The molecule has 1 aromatic rings. The van der Waals surface area contributed by atoms with Crippen molar-refractivity contribution in [3.8, 4) is 0 Å². The second kappa shape index (κ2) is 6.91. The lowest BCUT2D eigenvalue weighted by Crippen LogP contribution is -2.43. The molecule has 1 unspecified atom stereocenters. The van der Waals surface area contributed by atoms with Crippen molar-refractivity contribution in [2.75, 3.05) is 26.2 Å². The Morgan fingerprint density at radius 2 is 1.95 bits per heavy atom. The zero-order valence-corrected chi connectivity index (χ0v) is 12.9. The second-order valence-electron chi connectivity index (χ2n) is 6.83. The van der Waals surface area contributed by atoms with Crippen LogP contribution in [0.3, 0.4) is 0 Å². The maximum Gasteiger partial charge on any atom is 0.0771 e. The van der Waals surface area contributed by atoms with Crippen LogP contribution in [0, 0.1) is 0 Å². The summed E-state index contributed by atoms with van der Waals surface area (Å²) in [6.07, 6.45) is 6.68. The molecule has 1 saturated carbocycles. The first kappa shape index (κ1) is 15.0. The highest BCUT2D eigenvalue weighted by molar-refractivity contribution is 5.14. The van der Waals surface area contributed by atoms with Gasteiger partial charge >= 0.3 is 0 Å². The third-order valence-electron chi connectivity index (χ3n) is 5.09. The van der Waals surface area contributed by atoms with Gasteiger partial charge in [-0.25, -0.2) is 0 Å². The minimum atomic E-state index is -0.419. The average Bonchev–Trinajstić information content (AvgIpc) is 3.14. The number of benzene rings is 1. The first-order valence-electron chi connectivity index (χ1n) is 8.46. The molecule has 3 rings (SSSR count). The summed E-state index contributed by atoms with van der Waals surface area (Å²) in [4.78, 5) is 2.55. The van der Waals surface area contributed by atoms with Gasteiger partial charge in [0.05, 0.1) is 5.60 Å². The quantitative estimate of drug-likeness (QED) is 0.842. The van der Waals surface area contributed by atoms with Crippen LogP contribution < -0.4 is 5.32 Å². The summed E-state index contributed by atoms with van der Waals surface area (Å²) in [5.41, 5.74) is 1.01. The van der Waals surface area contributed by atoms with E-state index >= 15 is 0 Å². The van der Waals surface area contributed by atoms with Gasteiger partial charge in [0.25, 0.3) is 0 Å². The molecule has 0 aromatic heterocycles. The van der Waals surface area contributed by atoms with Crippen molar-refractivity contribution in [3.05, 3.63) is 35.9 Å². The van der Waals surface area contributed by atoms with Gasteiger partial charge < -0.3 is 15.3 Å². The zero-order valence-electron chi connectivity index (χ0n) is 12.9. The molecule has 3 heteroatoms. The molecular weight excluding hydrogens is 260 g/mol. The molecule has 21 heavy (non-hydrogen) atoms. The minimum Gasteiger partial charge on any atom is -0.389 e. The van der Waals surface area contributed by atoms with Crippen molar-refractivity contribution < 1.29 is 5.11 Å². The van der Waals surface area contributed by atoms with Gasteiger partial charge in [0, 0.05) is 25.7 Å². The van der Waals surface area contributed by atoms with Crippen LogP contribution >= 0.6 is 0 Å². The number of hydrogen-bond donors (Lipinski definition) is 2. The van der Waals surface area contributed by atoms with Crippen LogP contribution in [0.15, 0.2) is 30.3 Å². The number of rotatable bonds is 6. The fourth-order valence-corrected chi connectivity index (χ4v) is 3.68. The number of likely N-dealkylation sites (tertiary alicyclic amines) is 1. The highest BCUT2D eigenvalue weighted by Gasteiger charge is 2.32. The lowest BCUT2D eigenvalue weighted by molar-refractivity contribution is 0.0451. The van der Waals surface area contributed by atoms with Crippen molar-refractivity contribution in [2.24, 2.45) is 0 Å². The first-order chi connectivity index (χ1) is 10.2. The summed E-state index contributed by atoms with van der Waals surface area (Å²) < 4.78 is 0. The van der Waals surface area contributed by atoms with Crippen LogP contribution in [0.2, 0.25) is 0 Å². The molecule has 0 amide bonds. The molecule has 1 aliphatic carbocycles. The molecule has 116 valence electrons. The molecule has 2 fully saturated rings. The van der Waals surface area contributed by atoms with Crippen LogP contribution in [-0.4, -0.2) is 47.8 Å². The summed E-state index contributed by atoms with van der Waals surface area (Å²) >= 11 is 0. The number of nitrogens with one attached hydrogen (secondary N) is 1. The van der Waals surface area contributed by atoms with Crippen molar-refractivity contribution in [3.63, 3.8) is 0 Å². The predicted molar refractivity (Wildman–Crippen MR) is 86.4 cm³/mol. The Morgan fingerprint density at radius 1 is 1.19 bits per heavy atom. The number of aliphatic hydroxyl groups is 1. The summed E-state index contributed by atoms with van der Waals surface area (Å²) in [6.45, 7) is 4.24. The van der Waals surface area contributed by atoms with Crippen LogP contribution in [0.5, 0.6) is 0 Å². The van der Waals surface area contributed by atoms with E-state index in [2.05, 4.69) is 40.5 Å². The van der Waals surface area contributed by atoms with E-state index in [1.165, 1.54) is 31.4 Å². The molecule has 1 heterocycles. The zero-order chi connectivity index (χ0) is 14.5. The Labute approximate surface area is 128 Å². The number of nitrogens with zero attached hydrogens (tertiary/aromatic N) is 1. The lowest BCUT2D eigenvalue weighted by Gasteiger charge is -2.25. The molecule has 1 aliphatic heterocycles. The third kappa shape index (κ3) is 4.29. The standard InChI is InChI=1S/C18H28N2O/c21-18(10-4-5-11-18)15-19-17-9-13-20(14-17)12-8-16-6-2-1-3-7-16/h1-3,6-7,17,19,21H,4-5,8-15H2. The lowest BCUT2D eigenvalue weighted by atomic mass is 10.0. The van der Waals surface area contributed by atoms with E-state index in [4.69, 9.17) is 0 Å². The summed E-state index contributed by atoms with van der Waals surface area (Å²) in [5, 5.41) is 14.0. The van der Waals surface area contributed by atoms with E-state index in [-0.39, 0.29) is 0 Å². The molecular formula is C18H28N2O. The molecule has 1 atom stereocenters. The van der Waals surface area contributed by atoms with E-state index in [9.17, 15) is 5.11 Å². The van der Waals surface area contributed by atoms with Gasteiger partial charge in [-0.1, -0.05) is 43.2 Å². The molecule has 3 nitrogen and oxygen atoms in total. The Hall–Kier alpha value is -0.900. The second-order valence-corrected chi connectivity index (χ2v) is 6.83. The molecule has 0 bridgehead atoms. The number of hydrogen-bond acceptors (Lipinski definition) is 3. The fourth-order valence-electron chi connectivity index (χ4n) is 3.68. The van der Waals surface area contributed by atoms with E-state index in [0.29, 0.717) is 6.04 Å². The summed E-state index contributed by atoms with van der Waals surface area (Å²) in [6, 6.07) is 11.3. The Kier molecular flexibility index (Phi) is 4.94. The van der Waals surface area contributed by atoms with Gasteiger partial charge in [0.1, 0.15) is 0 Å². The molecule has 2 N–H and O–H groups in total. The maximum absolute atomic E-state index is 10.4. The molecule has 2 aliphatic rings. The van der Waals surface area contributed by atoms with Gasteiger partial charge in [0.2, 0.25) is 0 Å². The van der Waals surface area contributed by atoms with E-state index in [1.807, 2.05) is 0 Å². The largest absolute Gasteiger partial charge is 0.389 e. The topological polar surface area (TPSA) is 35.5 Å². The van der Waals surface area contributed by atoms with Gasteiger partial charge in [-0.2, -0.15) is 0 Å². The highest BCUT2D eigenvalue weighted by atomic mass is 16.3. The highest BCUT2D eigenvalue weighted by Crippen LogP contribution is 2.28. The van der Waals surface area contributed by atoms with Crippen molar-refractivity contribution in [2.45, 2.75) is 50.2 Å². The fraction of sp³-hybridized carbons (Fsp3) is 0.667. The van der Waals surface area contributed by atoms with Crippen LogP contribution in [-0.2, 0) is 6.42 Å². The van der Waals surface area contributed by atoms with Crippen LogP contribution in [0.25, 0.3) is 0 Å². The maximum atomic E-state index is 10.4. The monoisotopic (exact) mass is 288 g/mol. The molecule has 1 saturated heterocycles. The van der Waals surface area contributed by atoms with Gasteiger partial charge in [-0.3, -0.25) is 0 Å². The Morgan fingerprint density at radius 3 is 2.71 bits per heavy atom. The van der Waals surface area contributed by atoms with E-state index < -0.39 is 5.60 Å². The van der Waals surface area contributed by atoms with Crippen LogP contribution in [0.4, 0.5) is 0 Å². The summed E-state index contributed by atoms with van der Waals surface area (Å²) in [7, 11) is 0.